The summed E-state index contributed by atoms with van der Waals surface area (Å²) in [6.45, 7) is 0. The second-order valence-corrected chi connectivity index (χ2v) is 4.54. The highest BCUT2D eigenvalue weighted by Gasteiger charge is 2.08. The number of thioether (sulfide) groups is 1. The van der Waals surface area contributed by atoms with Crippen LogP contribution in [0, 0.1) is 22.7 Å². The summed E-state index contributed by atoms with van der Waals surface area (Å²) in [4.78, 5) is 0. The van der Waals surface area contributed by atoms with E-state index in [1.807, 2.05) is 12.1 Å². The fourth-order valence-corrected chi connectivity index (χ4v) is 2.02. The molecule has 0 radical (unpaired) electrons. The van der Waals surface area contributed by atoms with Crippen LogP contribution >= 0.6 is 35.0 Å². The molecule has 0 heterocycles. The predicted molar refractivity (Wildman–Crippen MR) is 71.9 cm³/mol. The third kappa shape index (κ3) is 3.57. The molecule has 0 amide bonds. The van der Waals surface area contributed by atoms with Gasteiger partial charge in [-0.15, -0.1) is 11.8 Å². The molecule has 0 saturated carbocycles. The van der Waals surface area contributed by atoms with Gasteiger partial charge in [0.2, 0.25) is 0 Å². The maximum atomic E-state index is 8.78. The minimum absolute atomic E-state index is 0.0171. The van der Waals surface area contributed by atoms with Crippen molar-refractivity contribution in [3.8, 4) is 12.1 Å². The average molecular weight is 284 g/mol. The van der Waals surface area contributed by atoms with Crippen LogP contribution in [0.1, 0.15) is 0 Å². The van der Waals surface area contributed by atoms with E-state index in [2.05, 4.69) is 5.32 Å². The van der Waals surface area contributed by atoms with Crippen molar-refractivity contribution in [3.05, 3.63) is 38.8 Å². The maximum Gasteiger partial charge on any atom is 0.159 e. The molecule has 0 bridgehead atoms. The molecule has 0 saturated heterocycles. The normalized spacial score (nSPS) is 9.00. The summed E-state index contributed by atoms with van der Waals surface area (Å²) in [5, 5.41) is 21.9. The molecule has 1 aromatic carbocycles. The maximum absolute atomic E-state index is 8.78. The van der Waals surface area contributed by atoms with Gasteiger partial charge in [0.25, 0.3) is 0 Å². The Morgan fingerprint density at radius 2 is 1.94 bits per heavy atom. The molecule has 0 aromatic heterocycles. The van der Waals surface area contributed by atoms with E-state index in [0.29, 0.717) is 20.8 Å². The first-order valence-electron chi connectivity index (χ1n) is 4.43. The molecule has 17 heavy (non-hydrogen) atoms. The summed E-state index contributed by atoms with van der Waals surface area (Å²) in [7, 11) is 0. The fraction of sp³-hybridized carbons (Fsp3) is 0.0909. The minimum Gasteiger partial charge on any atom is -0.347 e. The van der Waals surface area contributed by atoms with Crippen LogP contribution in [0.15, 0.2) is 28.8 Å². The fourth-order valence-electron chi connectivity index (χ4n) is 1.06. The van der Waals surface area contributed by atoms with Gasteiger partial charge < -0.3 is 5.32 Å². The molecule has 0 unspecified atom stereocenters. The standard InChI is InChI=1S/C11H7Cl2N3S/c1-17-11(7(5-14)6-15)16-10-3-2-8(12)4-9(10)13/h2-4,16H,1H3. The van der Waals surface area contributed by atoms with Crippen molar-refractivity contribution >= 4 is 40.7 Å². The summed E-state index contributed by atoms with van der Waals surface area (Å²) in [6.07, 6.45) is 1.76. The van der Waals surface area contributed by atoms with Gasteiger partial charge in [0.1, 0.15) is 17.2 Å². The molecule has 1 N–H and O–H groups in total. The SMILES string of the molecule is CSC(Nc1ccc(Cl)cc1Cl)=C(C#N)C#N. The first-order chi connectivity index (χ1) is 8.12. The van der Waals surface area contributed by atoms with E-state index < -0.39 is 0 Å². The Kier molecular flexibility index (Phi) is 5.18. The topological polar surface area (TPSA) is 59.6 Å². The van der Waals surface area contributed by atoms with Crippen LogP contribution in [0.2, 0.25) is 10.0 Å². The van der Waals surface area contributed by atoms with Gasteiger partial charge in [-0.05, 0) is 24.5 Å². The zero-order valence-corrected chi connectivity index (χ0v) is 11.1. The second kappa shape index (κ2) is 6.42. The minimum atomic E-state index is 0.0171. The Morgan fingerprint density at radius 3 is 2.41 bits per heavy atom. The summed E-state index contributed by atoms with van der Waals surface area (Å²) in [5.74, 6) is 0. The highest BCUT2D eigenvalue weighted by molar-refractivity contribution is 8.02. The van der Waals surface area contributed by atoms with Crippen LogP contribution in [-0.2, 0) is 0 Å². The van der Waals surface area contributed by atoms with Crippen LogP contribution in [0.5, 0.6) is 0 Å². The number of anilines is 1. The van der Waals surface area contributed by atoms with E-state index in [4.69, 9.17) is 33.7 Å². The Labute approximate surface area is 114 Å². The third-order valence-electron chi connectivity index (χ3n) is 1.83. The molecular formula is C11H7Cl2N3S. The molecule has 1 aromatic rings. The van der Waals surface area contributed by atoms with E-state index in [9.17, 15) is 0 Å². The van der Waals surface area contributed by atoms with Crippen molar-refractivity contribution in [2.45, 2.75) is 0 Å². The number of benzene rings is 1. The lowest BCUT2D eigenvalue weighted by molar-refractivity contribution is 1.43. The van der Waals surface area contributed by atoms with Crippen LogP contribution in [0.25, 0.3) is 0 Å². The van der Waals surface area contributed by atoms with Gasteiger partial charge in [-0.1, -0.05) is 23.2 Å². The van der Waals surface area contributed by atoms with E-state index >= 15 is 0 Å². The van der Waals surface area contributed by atoms with E-state index in [0.717, 1.165) is 0 Å². The lowest BCUT2D eigenvalue weighted by Gasteiger charge is -2.10. The highest BCUT2D eigenvalue weighted by Crippen LogP contribution is 2.29. The molecule has 3 nitrogen and oxygen atoms in total. The number of hydrogen-bond acceptors (Lipinski definition) is 4. The number of nitriles is 2. The Hall–Kier alpha value is -1.33. The number of nitrogens with zero attached hydrogens (tertiary/aromatic N) is 2. The second-order valence-electron chi connectivity index (χ2n) is 2.88. The van der Waals surface area contributed by atoms with Crippen molar-refractivity contribution in [1.29, 1.82) is 10.5 Å². The monoisotopic (exact) mass is 283 g/mol. The van der Waals surface area contributed by atoms with Gasteiger partial charge in [-0.3, -0.25) is 0 Å². The summed E-state index contributed by atoms with van der Waals surface area (Å²) < 4.78 is 0. The number of allylic oxidation sites excluding steroid dienone is 1. The predicted octanol–water partition coefficient (Wildman–Crippen LogP) is 4.03. The molecule has 6 heteroatoms. The highest BCUT2D eigenvalue weighted by atomic mass is 35.5. The molecule has 0 aliphatic rings. The largest absolute Gasteiger partial charge is 0.347 e. The van der Waals surface area contributed by atoms with Crippen molar-refractivity contribution < 1.29 is 0 Å². The third-order valence-corrected chi connectivity index (χ3v) is 3.10. The molecule has 0 fully saturated rings. The first-order valence-corrected chi connectivity index (χ1v) is 6.41. The van der Waals surface area contributed by atoms with E-state index in [-0.39, 0.29) is 5.57 Å². The molecule has 1 rings (SSSR count). The average Bonchev–Trinajstić information content (AvgIpc) is 2.32. The molecule has 0 atom stereocenters. The van der Waals surface area contributed by atoms with E-state index in [1.165, 1.54) is 11.8 Å². The van der Waals surface area contributed by atoms with Crippen molar-refractivity contribution in [3.63, 3.8) is 0 Å². The molecular weight excluding hydrogens is 277 g/mol. The van der Waals surface area contributed by atoms with Crippen LogP contribution in [0.4, 0.5) is 5.69 Å². The number of nitrogens with one attached hydrogen (secondary N) is 1. The number of halogens is 2. The van der Waals surface area contributed by atoms with Crippen molar-refractivity contribution in [2.75, 3.05) is 11.6 Å². The summed E-state index contributed by atoms with van der Waals surface area (Å²) in [5.41, 5.74) is 0.618. The van der Waals surface area contributed by atoms with Crippen molar-refractivity contribution in [2.24, 2.45) is 0 Å². The quantitative estimate of drug-likeness (QED) is 0.851. The van der Waals surface area contributed by atoms with Crippen LogP contribution in [-0.4, -0.2) is 6.26 Å². The van der Waals surface area contributed by atoms with Gasteiger partial charge in [-0.25, -0.2) is 0 Å². The lowest BCUT2D eigenvalue weighted by Crippen LogP contribution is -1.99. The van der Waals surface area contributed by atoms with Crippen LogP contribution in [0.3, 0.4) is 0 Å². The number of hydrogen-bond donors (Lipinski definition) is 1. The molecule has 0 spiro atoms. The Balaban J connectivity index is 3.10. The zero-order chi connectivity index (χ0) is 12.8. The van der Waals surface area contributed by atoms with Gasteiger partial charge in [0, 0.05) is 5.02 Å². The first kappa shape index (κ1) is 13.7. The summed E-state index contributed by atoms with van der Waals surface area (Å²) >= 11 is 13.0. The van der Waals surface area contributed by atoms with Gasteiger partial charge in [-0.2, -0.15) is 10.5 Å². The molecule has 86 valence electrons. The number of rotatable bonds is 3. The van der Waals surface area contributed by atoms with Crippen molar-refractivity contribution in [1.82, 2.24) is 0 Å². The smallest absolute Gasteiger partial charge is 0.159 e. The van der Waals surface area contributed by atoms with Gasteiger partial charge in [0.05, 0.1) is 10.7 Å². The lowest BCUT2D eigenvalue weighted by atomic mass is 10.3. The Morgan fingerprint density at radius 1 is 1.29 bits per heavy atom. The van der Waals surface area contributed by atoms with Crippen LogP contribution < -0.4 is 5.32 Å². The Bertz CT molecular complexity index is 525. The molecule has 0 aliphatic carbocycles. The molecule has 0 aliphatic heterocycles. The van der Waals surface area contributed by atoms with Gasteiger partial charge >= 0.3 is 0 Å². The summed E-state index contributed by atoms with van der Waals surface area (Å²) in [6, 6.07) is 8.59. The van der Waals surface area contributed by atoms with Gasteiger partial charge in [0.15, 0.2) is 5.57 Å². The van der Waals surface area contributed by atoms with E-state index in [1.54, 1.807) is 24.5 Å². The zero-order valence-electron chi connectivity index (χ0n) is 8.79.